The van der Waals surface area contributed by atoms with Crippen molar-refractivity contribution in [3.8, 4) is 17.2 Å². The van der Waals surface area contributed by atoms with E-state index in [0.29, 0.717) is 28.6 Å². The summed E-state index contributed by atoms with van der Waals surface area (Å²) in [5.74, 6) is 0.606. The van der Waals surface area contributed by atoms with Crippen molar-refractivity contribution in [3.63, 3.8) is 0 Å². The van der Waals surface area contributed by atoms with Gasteiger partial charge >= 0.3 is 6.01 Å². The first-order valence-corrected chi connectivity index (χ1v) is 6.31. The van der Waals surface area contributed by atoms with Crippen LogP contribution in [0.3, 0.4) is 0 Å². The van der Waals surface area contributed by atoms with Crippen molar-refractivity contribution in [1.29, 1.82) is 0 Å². The van der Waals surface area contributed by atoms with Crippen LogP contribution in [-0.2, 0) is 0 Å². The van der Waals surface area contributed by atoms with Crippen molar-refractivity contribution in [2.75, 3.05) is 11.1 Å². The van der Waals surface area contributed by atoms with Crippen LogP contribution in [0.5, 0.6) is 5.75 Å². The topological polar surface area (TPSA) is 116 Å². The van der Waals surface area contributed by atoms with Crippen LogP contribution in [0.1, 0.15) is 0 Å². The highest BCUT2D eigenvalue weighted by Crippen LogP contribution is 2.27. The maximum Gasteiger partial charge on any atom is 0.320 e. The van der Waals surface area contributed by atoms with Crippen molar-refractivity contribution in [3.05, 3.63) is 53.4 Å². The summed E-state index contributed by atoms with van der Waals surface area (Å²) >= 11 is 0. The maximum atomic E-state index is 10.1. The van der Waals surface area contributed by atoms with Crippen molar-refractivity contribution >= 4 is 17.4 Å². The van der Waals surface area contributed by atoms with Crippen LogP contribution in [0.25, 0.3) is 11.5 Å². The first kappa shape index (κ1) is 13.6. The molecule has 0 aliphatic carbocycles. The molecule has 110 valence electrons. The molecule has 22 heavy (non-hydrogen) atoms. The number of anilines is 3. The molecule has 0 saturated heterocycles. The number of nitrogens with one attached hydrogen (secondary N) is 1. The van der Waals surface area contributed by atoms with E-state index in [-0.39, 0.29) is 6.01 Å². The van der Waals surface area contributed by atoms with Gasteiger partial charge in [0.15, 0.2) is 11.1 Å². The summed E-state index contributed by atoms with van der Waals surface area (Å²) in [6, 6.07) is 14.0. The zero-order chi connectivity index (χ0) is 15.4. The molecule has 3 rings (SSSR count). The molecule has 8 heteroatoms. The normalized spacial score (nSPS) is 10.2. The van der Waals surface area contributed by atoms with Gasteiger partial charge in [-0.15, -0.1) is 10.0 Å². The minimum Gasteiger partial charge on any atom is -0.403 e. The first-order chi connectivity index (χ1) is 10.8. The lowest BCUT2D eigenvalue weighted by molar-refractivity contribution is 0.335. The molecule has 0 amide bonds. The number of aromatic nitrogens is 2. The van der Waals surface area contributed by atoms with Crippen LogP contribution in [0.2, 0.25) is 0 Å². The fourth-order valence-corrected chi connectivity index (χ4v) is 1.87. The highest BCUT2D eigenvalue weighted by Gasteiger charge is 2.11. The Hall–Kier alpha value is -3.42. The van der Waals surface area contributed by atoms with E-state index in [1.54, 1.807) is 36.4 Å². The van der Waals surface area contributed by atoms with Crippen LogP contribution in [0.15, 0.2) is 58.3 Å². The fraction of sp³-hybridized carbons (Fsp3) is 0. The molecule has 0 aliphatic rings. The Morgan fingerprint density at radius 1 is 1.14 bits per heavy atom. The van der Waals surface area contributed by atoms with Gasteiger partial charge in [-0.25, -0.2) is 0 Å². The van der Waals surface area contributed by atoms with Gasteiger partial charge in [0.2, 0.25) is 0 Å². The van der Waals surface area contributed by atoms with Gasteiger partial charge in [0, 0.05) is 17.4 Å². The second-order valence-corrected chi connectivity index (χ2v) is 4.32. The summed E-state index contributed by atoms with van der Waals surface area (Å²) in [5.41, 5.74) is 7.68. The lowest BCUT2D eigenvalue weighted by Crippen LogP contribution is -1.91. The van der Waals surface area contributed by atoms with Gasteiger partial charge in [0.05, 0.1) is 5.56 Å². The highest BCUT2D eigenvalue weighted by atomic mass is 16.7. The van der Waals surface area contributed by atoms with E-state index in [9.17, 15) is 4.91 Å². The van der Waals surface area contributed by atoms with E-state index >= 15 is 0 Å². The average Bonchev–Trinajstić information content (AvgIpc) is 2.97. The summed E-state index contributed by atoms with van der Waals surface area (Å²) < 4.78 is 5.51. The first-order valence-electron chi connectivity index (χ1n) is 6.31. The molecule has 1 heterocycles. The summed E-state index contributed by atoms with van der Waals surface area (Å²) in [6.45, 7) is 0. The molecule has 0 fully saturated rings. The summed E-state index contributed by atoms with van der Waals surface area (Å²) in [5, 5.41) is 13.1. The van der Waals surface area contributed by atoms with Crippen LogP contribution in [-0.4, -0.2) is 10.2 Å². The Kier molecular flexibility index (Phi) is 3.65. The molecule has 0 bridgehead atoms. The largest absolute Gasteiger partial charge is 0.403 e. The number of nitrogens with zero attached hydrogens (tertiary/aromatic N) is 3. The van der Waals surface area contributed by atoms with Crippen LogP contribution in [0.4, 0.5) is 17.4 Å². The predicted octanol–water partition coefficient (Wildman–Crippen LogP) is 3.12. The van der Waals surface area contributed by atoms with Gasteiger partial charge in [-0.1, -0.05) is 23.3 Å². The molecule has 0 aliphatic heterocycles. The Morgan fingerprint density at radius 2 is 2.00 bits per heavy atom. The van der Waals surface area contributed by atoms with E-state index in [4.69, 9.17) is 10.2 Å². The van der Waals surface area contributed by atoms with Gasteiger partial charge in [-0.2, -0.15) is 0 Å². The molecule has 8 nitrogen and oxygen atoms in total. The third-order valence-corrected chi connectivity index (χ3v) is 2.84. The number of nitrogens with two attached hydrogens (primary N) is 1. The molecular weight excluding hydrogens is 286 g/mol. The van der Waals surface area contributed by atoms with E-state index < -0.39 is 0 Å². The van der Waals surface area contributed by atoms with E-state index in [1.165, 1.54) is 0 Å². The SMILES string of the molecule is Nc1ccccc1-c1nnc(Nc2cccc(ON=O)c2)o1. The fourth-order valence-electron chi connectivity index (χ4n) is 1.87. The highest BCUT2D eigenvalue weighted by molar-refractivity contribution is 5.70. The molecule has 0 unspecified atom stereocenters. The Balaban J connectivity index is 1.81. The Labute approximate surface area is 124 Å². The molecule has 1 aromatic heterocycles. The Bertz CT molecular complexity index is 802. The van der Waals surface area contributed by atoms with E-state index in [0.717, 1.165) is 0 Å². The molecule has 3 N–H and O–H groups in total. The third-order valence-electron chi connectivity index (χ3n) is 2.84. The van der Waals surface area contributed by atoms with Crippen molar-refractivity contribution in [2.45, 2.75) is 0 Å². The number of hydrogen-bond donors (Lipinski definition) is 2. The number of para-hydroxylation sites is 1. The molecule has 2 aromatic carbocycles. The lowest BCUT2D eigenvalue weighted by atomic mass is 10.2. The van der Waals surface area contributed by atoms with Crippen LogP contribution >= 0.6 is 0 Å². The zero-order valence-corrected chi connectivity index (χ0v) is 11.3. The molecule has 0 spiro atoms. The average molecular weight is 297 g/mol. The lowest BCUT2D eigenvalue weighted by Gasteiger charge is -2.02. The van der Waals surface area contributed by atoms with Gasteiger partial charge in [-0.05, 0) is 24.3 Å². The van der Waals surface area contributed by atoms with Crippen LogP contribution in [0, 0.1) is 4.91 Å². The minimum atomic E-state index is 0.189. The number of hydrogen-bond acceptors (Lipinski definition) is 8. The van der Waals surface area contributed by atoms with Gasteiger partial charge in [-0.3, -0.25) is 0 Å². The number of rotatable bonds is 5. The number of nitrogen functional groups attached to an aromatic ring is 1. The third kappa shape index (κ3) is 2.85. The molecule has 0 saturated carbocycles. The standard InChI is InChI=1S/C14H11N5O3/c15-12-7-2-1-6-11(12)13-17-18-14(21-13)16-9-4-3-5-10(8-9)22-19-20/h1-8H,15H2,(H,16,18). The molecule has 0 radical (unpaired) electrons. The zero-order valence-electron chi connectivity index (χ0n) is 11.3. The van der Waals surface area contributed by atoms with Crippen molar-refractivity contribution < 1.29 is 9.25 Å². The van der Waals surface area contributed by atoms with Gasteiger partial charge in [0.25, 0.3) is 5.89 Å². The smallest absolute Gasteiger partial charge is 0.320 e. The quantitative estimate of drug-likeness (QED) is 0.422. The number of benzene rings is 2. The van der Waals surface area contributed by atoms with E-state index in [2.05, 4.69) is 25.7 Å². The minimum absolute atomic E-state index is 0.189. The molecule has 0 atom stereocenters. The molecular formula is C14H11N5O3. The molecule has 3 aromatic rings. The van der Waals surface area contributed by atoms with E-state index in [1.807, 2.05) is 12.1 Å². The summed E-state index contributed by atoms with van der Waals surface area (Å²) in [6.07, 6.45) is 0. The van der Waals surface area contributed by atoms with Gasteiger partial charge in [0.1, 0.15) is 0 Å². The maximum absolute atomic E-state index is 10.1. The summed E-state index contributed by atoms with van der Waals surface area (Å²) in [7, 11) is 0. The second kappa shape index (κ2) is 5.92. The second-order valence-electron chi connectivity index (χ2n) is 4.32. The monoisotopic (exact) mass is 297 g/mol. The van der Waals surface area contributed by atoms with Crippen molar-refractivity contribution in [1.82, 2.24) is 10.2 Å². The Morgan fingerprint density at radius 3 is 2.82 bits per heavy atom. The summed E-state index contributed by atoms with van der Waals surface area (Å²) in [4.78, 5) is 14.6. The predicted molar refractivity (Wildman–Crippen MR) is 80.3 cm³/mol. The van der Waals surface area contributed by atoms with Crippen LogP contribution < -0.4 is 15.9 Å². The van der Waals surface area contributed by atoms with Crippen molar-refractivity contribution in [2.24, 2.45) is 5.34 Å². The van der Waals surface area contributed by atoms with Gasteiger partial charge < -0.3 is 20.3 Å².